The highest BCUT2D eigenvalue weighted by atomic mass is 15.2. The van der Waals surface area contributed by atoms with Gasteiger partial charge in [0.2, 0.25) is 0 Å². The number of nitrogens with zero attached hydrogens (tertiary/aromatic N) is 5. The number of pyridine rings is 3. The first kappa shape index (κ1) is 34.0. The van der Waals surface area contributed by atoms with Crippen molar-refractivity contribution >= 4 is 34.4 Å². The van der Waals surface area contributed by atoms with Crippen molar-refractivity contribution in [2.24, 2.45) is 0 Å². The summed E-state index contributed by atoms with van der Waals surface area (Å²) in [6.07, 6.45) is 5.77. The molecule has 8 rings (SSSR count). The van der Waals surface area contributed by atoms with Crippen molar-refractivity contribution in [1.29, 1.82) is 0 Å². The Hall–Kier alpha value is -6.07. The van der Waals surface area contributed by atoms with Crippen LogP contribution in [-0.2, 0) is 10.8 Å². The summed E-state index contributed by atoms with van der Waals surface area (Å²) in [5, 5.41) is 0. The molecule has 1 aliphatic carbocycles. The zero-order chi connectivity index (χ0) is 36.9. The lowest BCUT2D eigenvalue weighted by Gasteiger charge is -2.34. The summed E-state index contributed by atoms with van der Waals surface area (Å²) < 4.78 is 0. The first-order valence-corrected chi connectivity index (χ1v) is 18.4. The van der Waals surface area contributed by atoms with E-state index in [2.05, 4.69) is 180 Å². The fraction of sp³-hybridized carbons (Fsp3) is 0.188. The molecule has 0 amide bonds. The van der Waals surface area contributed by atoms with Gasteiger partial charge in [-0.3, -0.25) is 14.8 Å². The molecule has 7 aromatic rings. The van der Waals surface area contributed by atoms with Crippen LogP contribution in [0.3, 0.4) is 0 Å². The molecule has 53 heavy (non-hydrogen) atoms. The third kappa shape index (κ3) is 6.16. The number of hydrogen-bond acceptors (Lipinski definition) is 5. The SMILES string of the molecule is Cc1ccc(N(c2ccccc2)c2cc(C(C)(C)C)cc(N(c3ccc4c(c3)C(C)(C)c3ccccc3-4)c3ccc(C)cn3)c2-c2ccccn2)nc1. The average molecular weight is 692 g/mol. The van der Waals surface area contributed by atoms with E-state index in [1.807, 2.05) is 24.7 Å². The molecule has 0 atom stereocenters. The summed E-state index contributed by atoms with van der Waals surface area (Å²) in [5.74, 6) is 1.66. The van der Waals surface area contributed by atoms with Crippen molar-refractivity contribution in [3.8, 4) is 22.4 Å². The van der Waals surface area contributed by atoms with E-state index in [-0.39, 0.29) is 10.8 Å². The van der Waals surface area contributed by atoms with Crippen molar-refractivity contribution in [1.82, 2.24) is 15.0 Å². The normalized spacial score (nSPS) is 13.0. The van der Waals surface area contributed by atoms with Gasteiger partial charge in [-0.25, -0.2) is 9.97 Å². The van der Waals surface area contributed by atoms with Gasteiger partial charge in [0.05, 0.1) is 17.1 Å². The summed E-state index contributed by atoms with van der Waals surface area (Å²) in [6, 6.07) is 45.5. The second kappa shape index (κ2) is 13.2. The Balaban J connectivity index is 1.48. The Morgan fingerprint density at radius 2 is 1.11 bits per heavy atom. The van der Waals surface area contributed by atoms with Crippen LogP contribution in [0.15, 0.2) is 146 Å². The van der Waals surface area contributed by atoms with E-state index in [1.165, 1.54) is 27.8 Å². The van der Waals surface area contributed by atoms with Gasteiger partial charge in [0.15, 0.2) is 0 Å². The molecule has 0 N–H and O–H groups in total. The summed E-state index contributed by atoms with van der Waals surface area (Å²) in [6.45, 7) is 15.6. The highest BCUT2D eigenvalue weighted by Crippen LogP contribution is 2.53. The number of aryl methyl sites for hydroxylation is 2. The van der Waals surface area contributed by atoms with Gasteiger partial charge in [-0.05, 0) is 119 Å². The lowest BCUT2D eigenvalue weighted by atomic mass is 9.82. The van der Waals surface area contributed by atoms with Crippen LogP contribution in [0.1, 0.15) is 62.4 Å². The van der Waals surface area contributed by atoms with Crippen LogP contribution in [0.2, 0.25) is 0 Å². The molecule has 3 aromatic heterocycles. The summed E-state index contributed by atoms with van der Waals surface area (Å²) >= 11 is 0. The number of fused-ring (bicyclic) bond motifs is 3. The number of rotatable bonds is 7. The minimum Gasteiger partial charge on any atom is -0.294 e. The van der Waals surface area contributed by atoms with E-state index in [4.69, 9.17) is 15.0 Å². The molecule has 0 bridgehead atoms. The fourth-order valence-electron chi connectivity index (χ4n) is 7.55. The Morgan fingerprint density at radius 3 is 1.70 bits per heavy atom. The molecule has 0 saturated heterocycles. The Kier molecular flexibility index (Phi) is 8.45. The molecular formula is C48H45N5. The van der Waals surface area contributed by atoms with E-state index in [1.54, 1.807) is 0 Å². The molecule has 0 fully saturated rings. The highest BCUT2D eigenvalue weighted by molar-refractivity contribution is 5.98. The van der Waals surface area contributed by atoms with Crippen LogP contribution in [0, 0.1) is 13.8 Å². The molecule has 1 aliphatic rings. The lowest BCUT2D eigenvalue weighted by molar-refractivity contribution is 0.590. The van der Waals surface area contributed by atoms with Crippen molar-refractivity contribution in [2.45, 2.75) is 59.3 Å². The molecule has 0 unspecified atom stereocenters. The second-order valence-electron chi connectivity index (χ2n) is 15.6. The average Bonchev–Trinajstić information content (AvgIpc) is 3.39. The molecule has 0 radical (unpaired) electrons. The monoisotopic (exact) mass is 691 g/mol. The smallest absolute Gasteiger partial charge is 0.137 e. The van der Waals surface area contributed by atoms with Gasteiger partial charge in [-0.15, -0.1) is 0 Å². The molecule has 262 valence electrons. The van der Waals surface area contributed by atoms with Crippen LogP contribution in [-0.4, -0.2) is 15.0 Å². The van der Waals surface area contributed by atoms with Crippen LogP contribution >= 0.6 is 0 Å². The van der Waals surface area contributed by atoms with Crippen LogP contribution in [0.5, 0.6) is 0 Å². The van der Waals surface area contributed by atoms with Gasteiger partial charge >= 0.3 is 0 Å². The van der Waals surface area contributed by atoms with Crippen molar-refractivity contribution in [3.63, 3.8) is 0 Å². The largest absolute Gasteiger partial charge is 0.294 e. The van der Waals surface area contributed by atoms with Crippen molar-refractivity contribution in [2.75, 3.05) is 9.80 Å². The number of hydrogen-bond donors (Lipinski definition) is 0. The third-order valence-corrected chi connectivity index (χ3v) is 10.5. The second-order valence-corrected chi connectivity index (χ2v) is 15.6. The summed E-state index contributed by atoms with van der Waals surface area (Å²) in [4.78, 5) is 19.8. The molecule has 4 aromatic carbocycles. The maximum absolute atomic E-state index is 5.11. The van der Waals surface area contributed by atoms with Gasteiger partial charge in [0.1, 0.15) is 11.6 Å². The zero-order valence-corrected chi connectivity index (χ0v) is 31.6. The first-order valence-electron chi connectivity index (χ1n) is 18.4. The molecule has 0 spiro atoms. The standard InChI is InChI=1S/C48H45N5/c1-32-20-24-44(50-30-32)52(35-15-9-8-10-16-35)42-27-34(47(3,4)5)28-43(46(42)41-19-13-14-26-49-41)53(45-25-21-33(2)31-51-45)36-22-23-38-37-17-11-12-18-39(37)48(6,7)40(38)29-36/h8-31H,1-7H3. The van der Waals surface area contributed by atoms with Gasteiger partial charge in [0.25, 0.3) is 0 Å². The van der Waals surface area contributed by atoms with Gasteiger partial charge in [-0.1, -0.05) is 101 Å². The number of anilines is 6. The van der Waals surface area contributed by atoms with Crippen molar-refractivity contribution in [3.05, 3.63) is 174 Å². The number of aromatic nitrogens is 3. The quantitative estimate of drug-likeness (QED) is 0.166. The minimum absolute atomic E-state index is 0.169. The van der Waals surface area contributed by atoms with E-state index >= 15 is 0 Å². The maximum atomic E-state index is 5.11. The molecule has 3 heterocycles. The molecule has 5 nitrogen and oxygen atoms in total. The van der Waals surface area contributed by atoms with Gasteiger partial charge < -0.3 is 0 Å². The topological polar surface area (TPSA) is 45.2 Å². The lowest BCUT2D eigenvalue weighted by Crippen LogP contribution is -2.21. The molecular weight excluding hydrogens is 647 g/mol. The highest BCUT2D eigenvalue weighted by Gasteiger charge is 2.36. The number of para-hydroxylation sites is 1. The molecule has 0 saturated carbocycles. The summed E-state index contributed by atoms with van der Waals surface area (Å²) in [7, 11) is 0. The van der Waals surface area contributed by atoms with Crippen LogP contribution in [0.4, 0.5) is 34.4 Å². The predicted molar refractivity (Wildman–Crippen MR) is 220 cm³/mol. The number of benzene rings is 4. The van der Waals surface area contributed by atoms with Crippen LogP contribution in [0.25, 0.3) is 22.4 Å². The van der Waals surface area contributed by atoms with Crippen LogP contribution < -0.4 is 9.80 Å². The van der Waals surface area contributed by atoms with E-state index < -0.39 is 0 Å². The zero-order valence-electron chi connectivity index (χ0n) is 31.6. The van der Waals surface area contributed by atoms with Gasteiger partial charge in [-0.2, -0.15) is 0 Å². The first-order chi connectivity index (χ1) is 25.5. The Bertz CT molecular complexity index is 2410. The van der Waals surface area contributed by atoms with Gasteiger partial charge in [0, 0.05) is 40.9 Å². The van der Waals surface area contributed by atoms with E-state index in [0.717, 1.165) is 56.8 Å². The van der Waals surface area contributed by atoms with E-state index in [9.17, 15) is 0 Å². The predicted octanol–water partition coefficient (Wildman–Crippen LogP) is 12.7. The van der Waals surface area contributed by atoms with E-state index in [0.29, 0.717) is 0 Å². The maximum Gasteiger partial charge on any atom is 0.137 e. The summed E-state index contributed by atoms with van der Waals surface area (Å²) in [5.41, 5.74) is 14.1. The minimum atomic E-state index is -0.191. The van der Waals surface area contributed by atoms with Crippen molar-refractivity contribution < 1.29 is 0 Å². The Labute approximate surface area is 313 Å². The third-order valence-electron chi connectivity index (χ3n) is 10.5. The molecule has 5 heteroatoms. The fourth-order valence-corrected chi connectivity index (χ4v) is 7.55. The Morgan fingerprint density at radius 1 is 0.528 bits per heavy atom. The molecule has 0 aliphatic heterocycles.